The molecular formula is C14H12FN3O. The van der Waals surface area contributed by atoms with Gasteiger partial charge in [0.05, 0.1) is 12.7 Å². The zero-order valence-electron chi connectivity index (χ0n) is 10.4. The largest absolute Gasteiger partial charge is 0.481 e. The van der Waals surface area contributed by atoms with E-state index in [9.17, 15) is 4.39 Å². The maximum absolute atomic E-state index is 13.1. The molecule has 1 N–H and O–H groups in total. The molecule has 1 aromatic heterocycles. The number of nitrogens with one attached hydrogen (secondary N) is 1. The average molecular weight is 257 g/mol. The Labute approximate surface area is 110 Å². The number of nitrogens with zero attached hydrogens (tertiary/aromatic N) is 2. The van der Waals surface area contributed by atoms with E-state index in [1.165, 1.54) is 12.1 Å². The molecule has 5 heteroatoms. The first-order chi connectivity index (χ1) is 9.22. The zero-order chi connectivity index (χ0) is 13.7. The molecule has 0 unspecified atom stereocenters. The highest BCUT2D eigenvalue weighted by molar-refractivity contribution is 5.50. The molecule has 0 atom stereocenters. The first-order valence-electron chi connectivity index (χ1n) is 5.65. The smallest absolute Gasteiger partial charge is 0.212 e. The standard InChI is InChI=1S/C14H12FN3O/c1-19-14-5-2-10(9-18-14)8-17-12-3-4-13(15)11(6-12)7-16/h2-6,9,17H,8H2,1H3. The molecule has 1 aromatic carbocycles. The van der Waals surface area contributed by atoms with Crippen molar-refractivity contribution in [1.29, 1.82) is 5.26 Å². The highest BCUT2D eigenvalue weighted by Crippen LogP contribution is 2.15. The van der Waals surface area contributed by atoms with Crippen LogP contribution >= 0.6 is 0 Å². The van der Waals surface area contributed by atoms with Crippen molar-refractivity contribution < 1.29 is 9.13 Å². The number of methoxy groups -OCH3 is 1. The number of hydrogen-bond acceptors (Lipinski definition) is 4. The lowest BCUT2D eigenvalue weighted by Gasteiger charge is -2.07. The summed E-state index contributed by atoms with van der Waals surface area (Å²) in [6, 6.07) is 9.79. The van der Waals surface area contributed by atoms with Crippen molar-refractivity contribution in [3.8, 4) is 11.9 Å². The lowest BCUT2D eigenvalue weighted by atomic mass is 10.2. The van der Waals surface area contributed by atoms with Crippen molar-refractivity contribution in [1.82, 2.24) is 4.98 Å². The molecule has 96 valence electrons. The molecule has 0 saturated heterocycles. The monoisotopic (exact) mass is 257 g/mol. The number of nitriles is 1. The fraction of sp³-hybridized carbons (Fsp3) is 0.143. The average Bonchev–Trinajstić information content (AvgIpc) is 2.47. The van der Waals surface area contributed by atoms with E-state index in [-0.39, 0.29) is 5.56 Å². The maximum Gasteiger partial charge on any atom is 0.212 e. The number of hydrogen-bond donors (Lipinski definition) is 1. The molecule has 0 bridgehead atoms. The van der Waals surface area contributed by atoms with Gasteiger partial charge in [0, 0.05) is 24.5 Å². The third-order valence-electron chi connectivity index (χ3n) is 2.59. The van der Waals surface area contributed by atoms with Gasteiger partial charge in [-0.1, -0.05) is 6.07 Å². The zero-order valence-corrected chi connectivity index (χ0v) is 10.4. The SMILES string of the molecule is COc1ccc(CNc2ccc(F)c(C#N)c2)cn1. The van der Waals surface area contributed by atoms with Crippen LogP contribution in [0.15, 0.2) is 36.5 Å². The van der Waals surface area contributed by atoms with Crippen LogP contribution in [0.25, 0.3) is 0 Å². The van der Waals surface area contributed by atoms with Crippen LogP contribution in [-0.2, 0) is 6.54 Å². The predicted octanol–water partition coefficient (Wildman–Crippen LogP) is 2.71. The Morgan fingerprint density at radius 2 is 2.21 bits per heavy atom. The van der Waals surface area contributed by atoms with E-state index in [1.54, 1.807) is 31.5 Å². The number of halogens is 1. The maximum atomic E-state index is 13.1. The van der Waals surface area contributed by atoms with Crippen molar-refractivity contribution in [2.75, 3.05) is 12.4 Å². The van der Waals surface area contributed by atoms with Gasteiger partial charge in [0.25, 0.3) is 0 Å². The van der Waals surface area contributed by atoms with Crippen LogP contribution in [0.2, 0.25) is 0 Å². The van der Waals surface area contributed by atoms with E-state index in [1.807, 2.05) is 6.07 Å². The molecule has 19 heavy (non-hydrogen) atoms. The summed E-state index contributed by atoms with van der Waals surface area (Å²) in [6.07, 6.45) is 1.70. The third-order valence-corrected chi connectivity index (χ3v) is 2.59. The van der Waals surface area contributed by atoms with Gasteiger partial charge in [-0.3, -0.25) is 0 Å². The summed E-state index contributed by atoms with van der Waals surface area (Å²) in [7, 11) is 1.56. The highest BCUT2D eigenvalue weighted by atomic mass is 19.1. The van der Waals surface area contributed by atoms with Gasteiger partial charge in [0.15, 0.2) is 0 Å². The number of benzene rings is 1. The Bertz CT molecular complexity index is 605. The van der Waals surface area contributed by atoms with Gasteiger partial charge in [0.2, 0.25) is 5.88 Å². The van der Waals surface area contributed by atoms with Gasteiger partial charge in [-0.15, -0.1) is 0 Å². The van der Waals surface area contributed by atoms with E-state index in [0.29, 0.717) is 18.1 Å². The summed E-state index contributed by atoms with van der Waals surface area (Å²) in [5.41, 5.74) is 1.68. The normalized spacial score (nSPS) is 9.74. The second-order valence-electron chi connectivity index (χ2n) is 3.87. The number of anilines is 1. The predicted molar refractivity (Wildman–Crippen MR) is 69.2 cm³/mol. The van der Waals surface area contributed by atoms with Gasteiger partial charge >= 0.3 is 0 Å². The van der Waals surface area contributed by atoms with Crippen LogP contribution in [-0.4, -0.2) is 12.1 Å². The molecule has 1 heterocycles. The highest BCUT2D eigenvalue weighted by Gasteiger charge is 2.02. The first-order valence-corrected chi connectivity index (χ1v) is 5.65. The Hall–Kier alpha value is -2.61. The van der Waals surface area contributed by atoms with Gasteiger partial charge < -0.3 is 10.1 Å². The van der Waals surface area contributed by atoms with E-state index in [2.05, 4.69) is 10.3 Å². The number of rotatable bonds is 4. The topological polar surface area (TPSA) is 57.9 Å². The molecule has 2 aromatic rings. The molecule has 4 nitrogen and oxygen atoms in total. The van der Waals surface area contributed by atoms with Gasteiger partial charge in [0.1, 0.15) is 11.9 Å². The molecule has 0 fully saturated rings. The van der Waals surface area contributed by atoms with Gasteiger partial charge in [-0.25, -0.2) is 9.37 Å². The summed E-state index contributed by atoms with van der Waals surface area (Å²) < 4.78 is 18.1. The molecule has 2 rings (SSSR count). The van der Waals surface area contributed by atoms with E-state index in [4.69, 9.17) is 10.00 Å². The molecule has 0 radical (unpaired) electrons. The van der Waals surface area contributed by atoms with E-state index in [0.717, 1.165) is 5.56 Å². The first kappa shape index (κ1) is 12.8. The van der Waals surface area contributed by atoms with Crippen LogP contribution in [0.3, 0.4) is 0 Å². The summed E-state index contributed by atoms with van der Waals surface area (Å²) in [5, 5.41) is 11.8. The van der Waals surface area contributed by atoms with Crippen LogP contribution in [0.1, 0.15) is 11.1 Å². The quantitative estimate of drug-likeness (QED) is 0.914. The second kappa shape index (κ2) is 5.83. The number of aromatic nitrogens is 1. The Morgan fingerprint density at radius 1 is 1.37 bits per heavy atom. The van der Waals surface area contributed by atoms with Gasteiger partial charge in [-0.2, -0.15) is 5.26 Å². The minimum Gasteiger partial charge on any atom is -0.481 e. The van der Waals surface area contributed by atoms with Crippen LogP contribution < -0.4 is 10.1 Å². The summed E-state index contributed by atoms with van der Waals surface area (Å²) in [5.74, 6) is 0.0384. The molecule has 0 aliphatic carbocycles. The lowest BCUT2D eigenvalue weighted by molar-refractivity contribution is 0.397. The minimum absolute atomic E-state index is 0.0258. The van der Waals surface area contributed by atoms with Crippen molar-refractivity contribution in [3.63, 3.8) is 0 Å². The molecule has 0 amide bonds. The van der Waals surface area contributed by atoms with Crippen molar-refractivity contribution >= 4 is 5.69 Å². The van der Waals surface area contributed by atoms with Gasteiger partial charge in [-0.05, 0) is 23.8 Å². The van der Waals surface area contributed by atoms with Crippen LogP contribution in [0.4, 0.5) is 10.1 Å². The lowest BCUT2D eigenvalue weighted by Crippen LogP contribution is -2.01. The molecule has 0 saturated carbocycles. The van der Waals surface area contributed by atoms with Crippen LogP contribution in [0, 0.1) is 17.1 Å². The Morgan fingerprint density at radius 3 is 2.84 bits per heavy atom. The molecule has 0 aliphatic heterocycles. The summed E-state index contributed by atoms with van der Waals surface area (Å²) in [4.78, 5) is 4.08. The Balaban J connectivity index is 2.04. The summed E-state index contributed by atoms with van der Waals surface area (Å²) in [6.45, 7) is 0.535. The van der Waals surface area contributed by atoms with Crippen molar-refractivity contribution in [3.05, 3.63) is 53.5 Å². The fourth-order valence-corrected chi connectivity index (χ4v) is 1.56. The minimum atomic E-state index is -0.515. The van der Waals surface area contributed by atoms with Crippen molar-refractivity contribution in [2.45, 2.75) is 6.54 Å². The molecule has 0 spiro atoms. The number of pyridine rings is 1. The van der Waals surface area contributed by atoms with Crippen molar-refractivity contribution in [2.24, 2.45) is 0 Å². The molecule has 0 aliphatic rings. The fourth-order valence-electron chi connectivity index (χ4n) is 1.56. The Kier molecular flexibility index (Phi) is 3.94. The van der Waals surface area contributed by atoms with E-state index >= 15 is 0 Å². The third kappa shape index (κ3) is 3.19. The summed E-state index contributed by atoms with van der Waals surface area (Å²) >= 11 is 0. The van der Waals surface area contributed by atoms with Crippen LogP contribution in [0.5, 0.6) is 5.88 Å². The number of ether oxygens (including phenoxy) is 1. The molecular weight excluding hydrogens is 245 g/mol. The second-order valence-corrected chi connectivity index (χ2v) is 3.87. The van der Waals surface area contributed by atoms with E-state index < -0.39 is 5.82 Å².